The lowest BCUT2D eigenvalue weighted by atomic mass is 9.89. The molecule has 1 fully saturated rings. The quantitative estimate of drug-likeness (QED) is 0.909. The average Bonchev–Trinajstić information content (AvgIpc) is 2.34. The van der Waals surface area contributed by atoms with Gasteiger partial charge in [0.2, 0.25) is 11.8 Å². The lowest BCUT2D eigenvalue weighted by Crippen LogP contribution is -2.24. The number of rotatable bonds is 4. The fourth-order valence-corrected chi connectivity index (χ4v) is 2.46. The number of ether oxygens (including phenoxy) is 1. The second-order valence-corrected chi connectivity index (χ2v) is 5.30. The van der Waals surface area contributed by atoms with Crippen LogP contribution in [0.3, 0.4) is 0 Å². The molecule has 0 bridgehead atoms. The van der Waals surface area contributed by atoms with E-state index in [1.54, 1.807) is 6.20 Å². The lowest BCUT2D eigenvalue weighted by Gasteiger charge is -2.27. The molecule has 100 valence electrons. The molecule has 2 rings (SSSR count). The maximum absolute atomic E-state index is 6.07. The van der Waals surface area contributed by atoms with Crippen LogP contribution in [0, 0.1) is 5.92 Å². The van der Waals surface area contributed by atoms with E-state index in [0.717, 1.165) is 25.3 Å². The van der Waals surface area contributed by atoms with Crippen molar-refractivity contribution < 1.29 is 4.74 Å². The van der Waals surface area contributed by atoms with Crippen LogP contribution >= 0.6 is 11.6 Å². The first-order valence-electron chi connectivity index (χ1n) is 6.62. The normalized spacial score (nSPS) is 23.7. The highest BCUT2D eigenvalue weighted by atomic mass is 35.5. The minimum absolute atomic E-state index is 0.232. The number of hydrogen-bond donors (Lipinski definition) is 1. The zero-order valence-electron chi connectivity index (χ0n) is 10.9. The van der Waals surface area contributed by atoms with Crippen LogP contribution in [0.4, 0.5) is 5.95 Å². The van der Waals surface area contributed by atoms with Crippen molar-refractivity contribution in [1.82, 2.24) is 9.97 Å². The van der Waals surface area contributed by atoms with Crippen molar-refractivity contribution in [2.75, 3.05) is 11.9 Å². The number of hydrogen-bond acceptors (Lipinski definition) is 4. The maximum atomic E-state index is 6.07. The van der Waals surface area contributed by atoms with Crippen molar-refractivity contribution in [1.29, 1.82) is 0 Å². The zero-order chi connectivity index (χ0) is 13.0. The molecule has 0 aliphatic heterocycles. The van der Waals surface area contributed by atoms with Gasteiger partial charge in [0.15, 0.2) is 0 Å². The van der Waals surface area contributed by atoms with E-state index in [9.17, 15) is 0 Å². The molecule has 1 saturated carbocycles. The third-order valence-corrected chi connectivity index (χ3v) is 3.47. The first-order chi connectivity index (χ1) is 8.69. The Balaban J connectivity index is 2.05. The van der Waals surface area contributed by atoms with Crippen LogP contribution in [-0.4, -0.2) is 22.6 Å². The Morgan fingerprint density at radius 1 is 1.50 bits per heavy atom. The number of halogens is 1. The van der Waals surface area contributed by atoms with Crippen LogP contribution in [0.2, 0.25) is 5.02 Å². The van der Waals surface area contributed by atoms with Crippen LogP contribution in [0.25, 0.3) is 0 Å². The molecule has 1 aromatic heterocycles. The van der Waals surface area contributed by atoms with Crippen molar-refractivity contribution in [3.63, 3.8) is 0 Å². The van der Waals surface area contributed by atoms with E-state index in [2.05, 4.69) is 22.2 Å². The van der Waals surface area contributed by atoms with Gasteiger partial charge in [-0.2, -0.15) is 4.98 Å². The molecule has 2 unspecified atom stereocenters. The van der Waals surface area contributed by atoms with Crippen molar-refractivity contribution in [3.8, 4) is 5.88 Å². The van der Waals surface area contributed by atoms with E-state index < -0.39 is 0 Å². The summed E-state index contributed by atoms with van der Waals surface area (Å²) in [6.07, 6.45) is 6.50. The van der Waals surface area contributed by atoms with Gasteiger partial charge < -0.3 is 10.1 Å². The molecule has 1 N–H and O–H groups in total. The van der Waals surface area contributed by atoms with E-state index in [4.69, 9.17) is 16.3 Å². The monoisotopic (exact) mass is 269 g/mol. The third-order valence-electron chi connectivity index (χ3n) is 3.21. The average molecular weight is 270 g/mol. The van der Waals surface area contributed by atoms with Gasteiger partial charge in [-0.15, -0.1) is 0 Å². The summed E-state index contributed by atoms with van der Waals surface area (Å²) >= 11 is 6.07. The fraction of sp³-hybridized carbons (Fsp3) is 0.692. The van der Waals surface area contributed by atoms with Gasteiger partial charge in [0, 0.05) is 6.54 Å². The minimum Gasteiger partial charge on any atom is -0.473 e. The third kappa shape index (κ3) is 3.48. The van der Waals surface area contributed by atoms with Gasteiger partial charge in [-0.05, 0) is 32.1 Å². The minimum atomic E-state index is 0.232. The second-order valence-electron chi connectivity index (χ2n) is 4.89. The second kappa shape index (κ2) is 6.23. The first-order valence-corrected chi connectivity index (χ1v) is 7.00. The summed E-state index contributed by atoms with van der Waals surface area (Å²) in [7, 11) is 0. The first kappa shape index (κ1) is 13.4. The largest absolute Gasteiger partial charge is 0.473 e. The van der Waals surface area contributed by atoms with E-state index in [0.29, 0.717) is 16.9 Å². The van der Waals surface area contributed by atoms with E-state index >= 15 is 0 Å². The summed E-state index contributed by atoms with van der Waals surface area (Å²) in [6.45, 7) is 5.05. The summed E-state index contributed by atoms with van der Waals surface area (Å²) < 4.78 is 5.92. The van der Waals surface area contributed by atoms with Crippen LogP contribution in [0.5, 0.6) is 5.88 Å². The molecule has 0 aromatic carbocycles. The number of anilines is 1. The van der Waals surface area contributed by atoms with Gasteiger partial charge in [-0.3, -0.25) is 0 Å². The van der Waals surface area contributed by atoms with Gasteiger partial charge in [-0.25, -0.2) is 4.98 Å². The topological polar surface area (TPSA) is 47.0 Å². The number of nitrogens with one attached hydrogen (secondary N) is 1. The molecule has 5 heteroatoms. The zero-order valence-corrected chi connectivity index (χ0v) is 11.7. The van der Waals surface area contributed by atoms with Crippen LogP contribution in [0.15, 0.2) is 6.20 Å². The summed E-state index contributed by atoms with van der Waals surface area (Å²) in [5, 5.41) is 3.54. The molecule has 1 heterocycles. The number of nitrogens with zero attached hydrogens (tertiary/aromatic N) is 2. The Kier molecular flexibility index (Phi) is 4.64. The highest BCUT2D eigenvalue weighted by molar-refractivity contribution is 6.31. The van der Waals surface area contributed by atoms with Gasteiger partial charge in [-0.1, -0.05) is 24.9 Å². The molecule has 0 radical (unpaired) electrons. The summed E-state index contributed by atoms with van der Waals surface area (Å²) in [5.41, 5.74) is 0. The Labute approximate surface area is 113 Å². The molecule has 18 heavy (non-hydrogen) atoms. The Morgan fingerprint density at radius 3 is 3.06 bits per heavy atom. The van der Waals surface area contributed by atoms with Crippen molar-refractivity contribution in [2.45, 2.75) is 45.6 Å². The molecule has 1 aliphatic rings. The summed E-state index contributed by atoms with van der Waals surface area (Å²) in [6, 6.07) is 0. The van der Waals surface area contributed by atoms with Crippen LogP contribution in [0.1, 0.15) is 39.5 Å². The van der Waals surface area contributed by atoms with Gasteiger partial charge in [0.1, 0.15) is 11.1 Å². The smallest absolute Gasteiger partial charge is 0.237 e. The van der Waals surface area contributed by atoms with Gasteiger partial charge in [0.05, 0.1) is 6.20 Å². The van der Waals surface area contributed by atoms with Gasteiger partial charge >= 0.3 is 0 Å². The predicted molar refractivity (Wildman–Crippen MR) is 73.3 cm³/mol. The fourth-order valence-electron chi connectivity index (χ4n) is 2.32. The van der Waals surface area contributed by atoms with Crippen molar-refractivity contribution in [3.05, 3.63) is 11.2 Å². The highest BCUT2D eigenvalue weighted by Crippen LogP contribution is 2.29. The SMILES string of the molecule is CCNc1ncc(Cl)c(OC2CCCC(C)C2)n1. The summed E-state index contributed by atoms with van der Waals surface area (Å²) in [5.74, 6) is 1.79. The Bertz CT molecular complexity index is 400. The van der Waals surface area contributed by atoms with E-state index in [1.807, 2.05) is 6.92 Å². The molecule has 1 aromatic rings. The maximum Gasteiger partial charge on any atom is 0.237 e. The lowest BCUT2D eigenvalue weighted by molar-refractivity contribution is 0.124. The molecule has 2 atom stereocenters. The predicted octanol–water partition coefficient (Wildman–Crippen LogP) is 3.52. The molecule has 1 aliphatic carbocycles. The highest BCUT2D eigenvalue weighted by Gasteiger charge is 2.21. The molecular formula is C13H20ClN3O. The Morgan fingerprint density at radius 2 is 2.33 bits per heavy atom. The van der Waals surface area contributed by atoms with Crippen molar-refractivity contribution >= 4 is 17.5 Å². The summed E-state index contributed by atoms with van der Waals surface area (Å²) in [4.78, 5) is 8.41. The molecule has 0 spiro atoms. The van der Waals surface area contributed by atoms with Crippen LogP contribution < -0.4 is 10.1 Å². The molecule has 4 nitrogen and oxygen atoms in total. The molecule has 0 amide bonds. The number of aromatic nitrogens is 2. The van der Waals surface area contributed by atoms with Gasteiger partial charge in [0.25, 0.3) is 0 Å². The van der Waals surface area contributed by atoms with E-state index in [1.165, 1.54) is 12.8 Å². The molecular weight excluding hydrogens is 250 g/mol. The van der Waals surface area contributed by atoms with E-state index in [-0.39, 0.29) is 6.10 Å². The van der Waals surface area contributed by atoms with Crippen molar-refractivity contribution in [2.24, 2.45) is 5.92 Å². The Hall–Kier alpha value is -1.03. The standard InChI is InChI=1S/C13H20ClN3O/c1-3-15-13-16-8-11(14)12(17-13)18-10-6-4-5-9(2)7-10/h8-10H,3-7H2,1-2H3,(H,15,16,17). The van der Waals surface area contributed by atoms with Crippen LogP contribution in [-0.2, 0) is 0 Å². The molecule has 0 saturated heterocycles.